The van der Waals surface area contributed by atoms with Crippen LogP contribution in [-0.2, 0) is 17.5 Å². The van der Waals surface area contributed by atoms with Crippen molar-refractivity contribution in [1.82, 2.24) is 9.97 Å². The molecule has 0 aliphatic carbocycles. The number of aliphatic hydroxyl groups excluding tert-OH is 1. The number of carbonyl (C=O) groups is 1. The van der Waals surface area contributed by atoms with Crippen molar-refractivity contribution >= 4 is 5.97 Å². The van der Waals surface area contributed by atoms with Crippen LogP contribution in [0, 0.1) is 0 Å². The Morgan fingerprint density at radius 3 is 2.59 bits per heavy atom. The summed E-state index contributed by atoms with van der Waals surface area (Å²) in [7, 11) is 0. The third-order valence-corrected chi connectivity index (χ3v) is 1.68. The first-order chi connectivity index (χ1) is 7.88. The molecule has 0 atom stereocenters. The number of nitrogens with zero attached hydrogens (tertiary/aromatic N) is 2. The topological polar surface area (TPSA) is 72.3 Å². The fraction of sp³-hybridized carbons (Fsp3) is 0.444. The summed E-state index contributed by atoms with van der Waals surface area (Å²) in [6.07, 6.45) is -4.79. The molecule has 1 aromatic rings. The second-order valence-electron chi connectivity index (χ2n) is 2.94. The Morgan fingerprint density at radius 1 is 1.47 bits per heavy atom. The molecule has 0 radical (unpaired) electrons. The summed E-state index contributed by atoms with van der Waals surface area (Å²) in [4.78, 5) is 17.4. The van der Waals surface area contributed by atoms with Gasteiger partial charge in [-0.05, 0) is 13.0 Å². The molecule has 0 unspecified atom stereocenters. The second-order valence-corrected chi connectivity index (χ2v) is 2.94. The molecule has 0 aliphatic heterocycles. The van der Waals surface area contributed by atoms with Crippen molar-refractivity contribution in [1.29, 1.82) is 0 Å². The number of aliphatic hydroxyl groups is 1. The largest absolute Gasteiger partial charge is 0.461 e. The summed E-state index contributed by atoms with van der Waals surface area (Å²) >= 11 is 0. The number of esters is 1. The van der Waals surface area contributed by atoms with Crippen LogP contribution in [0.15, 0.2) is 6.07 Å². The highest BCUT2D eigenvalue weighted by molar-refractivity contribution is 5.87. The molecule has 5 nitrogen and oxygen atoms in total. The Labute approximate surface area is 94.3 Å². The van der Waals surface area contributed by atoms with Gasteiger partial charge in [-0.25, -0.2) is 14.8 Å². The molecule has 0 aromatic carbocycles. The molecule has 0 aliphatic rings. The highest BCUT2D eigenvalue weighted by Gasteiger charge is 2.36. The summed E-state index contributed by atoms with van der Waals surface area (Å²) < 4.78 is 41.6. The highest BCUT2D eigenvalue weighted by atomic mass is 19.4. The molecule has 1 aromatic heterocycles. The Morgan fingerprint density at radius 2 is 2.12 bits per heavy atom. The van der Waals surface area contributed by atoms with Crippen LogP contribution >= 0.6 is 0 Å². The zero-order chi connectivity index (χ0) is 13.1. The summed E-state index contributed by atoms with van der Waals surface area (Å²) in [5.74, 6) is -2.47. The molecule has 0 spiro atoms. The standard InChI is InChI=1S/C9H9F3N2O3/c1-2-17-7(16)6-3-5(4-15)13-8(14-6)9(10,11)12/h3,15H,2,4H2,1H3. The number of rotatable bonds is 3. The molecular weight excluding hydrogens is 241 g/mol. The molecule has 1 N–H and O–H groups in total. The van der Waals surface area contributed by atoms with Crippen molar-refractivity contribution in [3.05, 3.63) is 23.3 Å². The Hall–Kier alpha value is -1.70. The van der Waals surface area contributed by atoms with Crippen LogP contribution in [0.2, 0.25) is 0 Å². The number of hydrogen-bond acceptors (Lipinski definition) is 5. The van der Waals surface area contributed by atoms with E-state index in [1.54, 1.807) is 0 Å². The minimum absolute atomic E-state index is 0.0125. The Balaban J connectivity index is 3.19. The predicted molar refractivity (Wildman–Crippen MR) is 48.9 cm³/mol. The quantitative estimate of drug-likeness (QED) is 0.815. The monoisotopic (exact) mass is 250 g/mol. The molecule has 1 heterocycles. The van der Waals surface area contributed by atoms with E-state index >= 15 is 0 Å². The van der Waals surface area contributed by atoms with E-state index in [0.717, 1.165) is 6.07 Å². The van der Waals surface area contributed by atoms with Gasteiger partial charge in [-0.2, -0.15) is 13.2 Å². The number of aromatic nitrogens is 2. The molecule has 8 heteroatoms. The van der Waals surface area contributed by atoms with E-state index in [1.807, 2.05) is 0 Å². The molecule has 17 heavy (non-hydrogen) atoms. The Bertz CT molecular complexity index is 420. The van der Waals surface area contributed by atoms with E-state index < -0.39 is 30.3 Å². The fourth-order valence-electron chi connectivity index (χ4n) is 1.01. The molecule has 0 saturated carbocycles. The summed E-state index contributed by atoms with van der Waals surface area (Å²) in [6, 6.07) is 0.952. The molecule has 94 valence electrons. The molecule has 1 rings (SSSR count). The SMILES string of the molecule is CCOC(=O)c1cc(CO)nc(C(F)(F)F)n1. The van der Waals surface area contributed by atoms with E-state index in [1.165, 1.54) is 6.92 Å². The van der Waals surface area contributed by atoms with Gasteiger partial charge in [0.2, 0.25) is 5.82 Å². The number of alkyl halides is 3. The van der Waals surface area contributed by atoms with Gasteiger partial charge in [0.05, 0.1) is 18.9 Å². The zero-order valence-electron chi connectivity index (χ0n) is 8.78. The van der Waals surface area contributed by atoms with Crippen LogP contribution in [-0.4, -0.2) is 27.7 Å². The van der Waals surface area contributed by atoms with Gasteiger partial charge in [-0.1, -0.05) is 0 Å². The van der Waals surface area contributed by atoms with Gasteiger partial charge in [0, 0.05) is 0 Å². The average Bonchev–Trinajstić information content (AvgIpc) is 2.27. The summed E-state index contributed by atoms with van der Waals surface area (Å²) in [6.45, 7) is 0.799. The number of hydrogen-bond donors (Lipinski definition) is 1. The van der Waals surface area contributed by atoms with E-state index in [2.05, 4.69) is 14.7 Å². The van der Waals surface area contributed by atoms with E-state index in [4.69, 9.17) is 5.11 Å². The van der Waals surface area contributed by atoms with Crippen molar-refractivity contribution in [2.75, 3.05) is 6.61 Å². The van der Waals surface area contributed by atoms with Crippen molar-refractivity contribution < 1.29 is 27.8 Å². The van der Waals surface area contributed by atoms with Gasteiger partial charge in [-0.15, -0.1) is 0 Å². The van der Waals surface area contributed by atoms with E-state index in [0.29, 0.717) is 0 Å². The zero-order valence-corrected chi connectivity index (χ0v) is 8.78. The first-order valence-electron chi connectivity index (χ1n) is 4.61. The third kappa shape index (κ3) is 3.38. The van der Waals surface area contributed by atoms with Crippen LogP contribution in [0.25, 0.3) is 0 Å². The predicted octanol–water partition coefficient (Wildman–Crippen LogP) is 1.16. The minimum Gasteiger partial charge on any atom is -0.461 e. The normalized spacial score (nSPS) is 11.4. The second kappa shape index (κ2) is 5.09. The molecular formula is C9H9F3N2O3. The van der Waals surface area contributed by atoms with Crippen LogP contribution < -0.4 is 0 Å². The van der Waals surface area contributed by atoms with Crippen molar-refractivity contribution in [2.45, 2.75) is 19.7 Å². The lowest BCUT2D eigenvalue weighted by molar-refractivity contribution is -0.145. The van der Waals surface area contributed by atoms with Gasteiger partial charge < -0.3 is 9.84 Å². The van der Waals surface area contributed by atoms with Crippen molar-refractivity contribution in [3.63, 3.8) is 0 Å². The van der Waals surface area contributed by atoms with Gasteiger partial charge in [-0.3, -0.25) is 0 Å². The lowest BCUT2D eigenvalue weighted by Gasteiger charge is -2.08. The maximum Gasteiger partial charge on any atom is 0.451 e. The lowest BCUT2D eigenvalue weighted by atomic mass is 10.3. The molecule has 0 bridgehead atoms. The van der Waals surface area contributed by atoms with Crippen LogP contribution in [0.1, 0.15) is 28.9 Å². The fourth-order valence-corrected chi connectivity index (χ4v) is 1.01. The van der Waals surface area contributed by atoms with Crippen LogP contribution in [0.4, 0.5) is 13.2 Å². The van der Waals surface area contributed by atoms with E-state index in [-0.39, 0.29) is 12.3 Å². The van der Waals surface area contributed by atoms with Gasteiger partial charge in [0.25, 0.3) is 0 Å². The maximum absolute atomic E-state index is 12.4. The number of ether oxygens (including phenoxy) is 1. The average molecular weight is 250 g/mol. The lowest BCUT2D eigenvalue weighted by Crippen LogP contribution is -2.17. The van der Waals surface area contributed by atoms with E-state index in [9.17, 15) is 18.0 Å². The summed E-state index contributed by atoms with van der Waals surface area (Å²) in [5, 5.41) is 8.75. The number of carbonyl (C=O) groups excluding carboxylic acids is 1. The van der Waals surface area contributed by atoms with Gasteiger partial charge in [0.1, 0.15) is 0 Å². The minimum atomic E-state index is -4.79. The Kier molecular flexibility index (Phi) is 4.00. The van der Waals surface area contributed by atoms with Gasteiger partial charge >= 0.3 is 12.1 Å². The highest BCUT2D eigenvalue weighted by Crippen LogP contribution is 2.26. The van der Waals surface area contributed by atoms with Crippen LogP contribution in [0.5, 0.6) is 0 Å². The van der Waals surface area contributed by atoms with Crippen LogP contribution in [0.3, 0.4) is 0 Å². The smallest absolute Gasteiger partial charge is 0.451 e. The first kappa shape index (κ1) is 13.4. The number of halogens is 3. The van der Waals surface area contributed by atoms with Crippen molar-refractivity contribution in [3.8, 4) is 0 Å². The van der Waals surface area contributed by atoms with Crippen molar-refractivity contribution in [2.24, 2.45) is 0 Å². The molecule has 0 fully saturated rings. The third-order valence-electron chi connectivity index (χ3n) is 1.68. The first-order valence-corrected chi connectivity index (χ1v) is 4.61. The summed E-state index contributed by atoms with van der Waals surface area (Å²) in [5.41, 5.74) is -0.825. The molecule has 0 amide bonds. The molecule has 0 saturated heterocycles. The maximum atomic E-state index is 12.4. The van der Waals surface area contributed by atoms with Gasteiger partial charge in [0.15, 0.2) is 5.69 Å².